The number of rotatable bonds is 11. The summed E-state index contributed by atoms with van der Waals surface area (Å²) in [6.07, 6.45) is 2.06. The lowest BCUT2D eigenvalue weighted by Gasteiger charge is -2.07. The summed E-state index contributed by atoms with van der Waals surface area (Å²) in [6.45, 7) is 4.42. The predicted octanol–water partition coefficient (Wildman–Crippen LogP) is 2.87. The van der Waals surface area contributed by atoms with Crippen LogP contribution in [0.1, 0.15) is 40.2 Å². The molecule has 2 N–H and O–H groups in total. The molecule has 0 atom stereocenters. The van der Waals surface area contributed by atoms with Gasteiger partial charge in [0, 0.05) is 10.3 Å². The van der Waals surface area contributed by atoms with E-state index in [-0.39, 0.29) is 12.2 Å². The van der Waals surface area contributed by atoms with Crippen LogP contribution in [0, 0.1) is 6.92 Å². The number of anilines is 1. The van der Waals surface area contributed by atoms with Crippen molar-refractivity contribution >= 4 is 50.3 Å². The van der Waals surface area contributed by atoms with E-state index in [1.165, 1.54) is 17.4 Å². The van der Waals surface area contributed by atoms with Gasteiger partial charge in [0.25, 0.3) is 5.91 Å². The first kappa shape index (κ1) is 26.2. The third kappa shape index (κ3) is 8.79. The summed E-state index contributed by atoms with van der Waals surface area (Å²) in [4.78, 5) is 36.9. The topological polar surface area (TPSA) is 128 Å². The van der Waals surface area contributed by atoms with Gasteiger partial charge in [-0.2, -0.15) is 0 Å². The second kappa shape index (κ2) is 12.3. The minimum absolute atomic E-state index is 0.192. The molecule has 11 heteroatoms. The highest BCUT2D eigenvalue weighted by Gasteiger charge is 2.19. The highest BCUT2D eigenvalue weighted by molar-refractivity contribution is 7.92. The van der Waals surface area contributed by atoms with Crippen LogP contribution < -0.4 is 10.0 Å². The van der Waals surface area contributed by atoms with Gasteiger partial charge in [-0.3, -0.25) is 9.59 Å². The summed E-state index contributed by atoms with van der Waals surface area (Å²) < 4.78 is 35.9. The summed E-state index contributed by atoms with van der Waals surface area (Å²) in [5.74, 6) is -2.15. The molecule has 1 heterocycles. The summed E-state index contributed by atoms with van der Waals surface area (Å²) in [7, 11) is -3.87. The molecule has 178 valence electrons. The Bertz CT molecular complexity index is 1120. The minimum Gasteiger partial charge on any atom is -0.462 e. The zero-order chi connectivity index (χ0) is 24.4. The van der Waals surface area contributed by atoms with Crippen LogP contribution in [-0.2, 0) is 35.5 Å². The Kier molecular flexibility index (Phi) is 9.76. The number of amides is 1. The standard InChI is InChI=1S/C22H26N2O7S2/c1-4-17-12-18(22(27)30-5-2)21(32-17)24-19(25)14-31-20(26)13-23-33(28,29)11-10-16-8-6-15(3)7-9-16/h6-12,23H,4-5,13-14H2,1-3H3,(H,24,25)/b11-10+. The summed E-state index contributed by atoms with van der Waals surface area (Å²) in [5.41, 5.74) is 1.96. The highest BCUT2D eigenvalue weighted by atomic mass is 32.2. The van der Waals surface area contributed by atoms with Crippen molar-refractivity contribution < 1.29 is 32.3 Å². The lowest BCUT2D eigenvalue weighted by atomic mass is 10.2. The Labute approximate surface area is 196 Å². The average Bonchev–Trinajstić information content (AvgIpc) is 3.19. The first-order chi connectivity index (χ1) is 15.6. The van der Waals surface area contributed by atoms with Crippen molar-refractivity contribution in [3.63, 3.8) is 0 Å². The zero-order valence-electron chi connectivity index (χ0n) is 18.5. The third-order valence-corrected chi connectivity index (χ3v) is 6.41. The van der Waals surface area contributed by atoms with Crippen LogP contribution in [0.2, 0.25) is 0 Å². The second-order valence-electron chi connectivity index (χ2n) is 6.82. The smallest absolute Gasteiger partial charge is 0.341 e. The van der Waals surface area contributed by atoms with E-state index in [0.717, 1.165) is 15.8 Å². The van der Waals surface area contributed by atoms with Crippen molar-refractivity contribution in [1.82, 2.24) is 4.72 Å². The van der Waals surface area contributed by atoms with E-state index in [1.807, 2.05) is 26.0 Å². The van der Waals surface area contributed by atoms with E-state index < -0.39 is 41.0 Å². The number of ether oxygens (including phenoxy) is 2. The second-order valence-corrected chi connectivity index (χ2v) is 9.61. The fourth-order valence-electron chi connectivity index (χ4n) is 2.48. The van der Waals surface area contributed by atoms with E-state index in [2.05, 4.69) is 10.0 Å². The molecule has 0 saturated carbocycles. The molecule has 0 spiro atoms. The fourth-order valence-corrected chi connectivity index (χ4v) is 4.23. The van der Waals surface area contributed by atoms with Gasteiger partial charge in [0.2, 0.25) is 10.0 Å². The third-order valence-electron chi connectivity index (χ3n) is 4.18. The summed E-state index contributed by atoms with van der Waals surface area (Å²) in [6, 6.07) is 8.86. The van der Waals surface area contributed by atoms with Gasteiger partial charge in [0.05, 0.1) is 12.2 Å². The van der Waals surface area contributed by atoms with Crippen molar-refractivity contribution in [3.05, 3.63) is 57.3 Å². The molecule has 0 aliphatic carbocycles. The van der Waals surface area contributed by atoms with Crippen LogP contribution in [0.25, 0.3) is 6.08 Å². The largest absolute Gasteiger partial charge is 0.462 e. The molecular weight excluding hydrogens is 468 g/mol. The number of aryl methyl sites for hydroxylation is 2. The highest BCUT2D eigenvalue weighted by Crippen LogP contribution is 2.29. The molecule has 1 aromatic carbocycles. The molecule has 0 fully saturated rings. The van der Waals surface area contributed by atoms with Crippen LogP contribution in [0.5, 0.6) is 0 Å². The van der Waals surface area contributed by atoms with Crippen molar-refractivity contribution in [2.24, 2.45) is 0 Å². The number of sulfonamides is 1. The molecular formula is C22H26N2O7S2. The molecule has 0 unspecified atom stereocenters. The monoisotopic (exact) mass is 494 g/mol. The zero-order valence-corrected chi connectivity index (χ0v) is 20.2. The van der Waals surface area contributed by atoms with Crippen molar-refractivity contribution in [2.75, 3.05) is 25.1 Å². The van der Waals surface area contributed by atoms with Gasteiger partial charge in [-0.05, 0) is 38.0 Å². The maximum absolute atomic E-state index is 12.1. The van der Waals surface area contributed by atoms with E-state index in [4.69, 9.17) is 9.47 Å². The van der Waals surface area contributed by atoms with Gasteiger partial charge in [0.15, 0.2) is 6.61 Å². The van der Waals surface area contributed by atoms with E-state index in [1.54, 1.807) is 25.1 Å². The first-order valence-electron chi connectivity index (χ1n) is 10.1. The van der Waals surface area contributed by atoms with Crippen LogP contribution in [-0.4, -0.2) is 46.0 Å². The molecule has 0 saturated heterocycles. The molecule has 0 radical (unpaired) electrons. The molecule has 2 rings (SSSR count). The van der Waals surface area contributed by atoms with E-state index in [0.29, 0.717) is 17.0 Å². The molecule has 1 amide bonds. The Morgan fingerprint density at radius 2 is 1.79 bits per heavy atom. The first-order valence-corrected chi connectivity index (χ1v) is 12.5. The molecule has 0 aliphatic heterocycles. The summed E-state index contributed by atoms with van der Waals surface area (Å²) in [5, 5.41) is 3.77. The maximum Gasteiger partial charge on any atom is 0.341 e. The number of nitrogens with one attached hydrogen (secondary N) is 2. The number of thiophene rings is 1. The molecule has 1 aromatic heterocycles. The van der Waals surface area contributed by atoms with Crippen molar-refractivity contribution in [2.45, 2.75) is 27.2 Å². The van der Waals surface area contributed by atoms with Crippen LogP contribution >= 0.6 is 11.3 Å². The SMILES string of the molecule is CCOC(=O)c1cc(CC)sc1NC(=O)COC(=O)CNS(=O)(=O)/C=C/c1ccc(C)cc1. The van der Waals surface area contributed by atoms with E-state index >= 15 is 0 Å². The van der Waals surface area contributed by atoms with Gasteiger partial charge in [-0.15, -0.1) is 11.3 Å². The number of hydrogen-bond acceptors (Lipinski definition) is 8. The van der Waals surface area contributed by atoms with Gasteiger partial charge < -0.3 is 14.8 Å². The Morgan fingerprint density at radius 1 is 1.09 bits per heavy atom. The molecule has 33 heavy (non-hydrogen) atoms. The maximum atomic E-state index is 12.1. The van der Waals surface area contributed by atoms with Gasteiger partial charge >= 0.3 is 11.9 Å². The van der Waals surface area contributed by atoms with E-state index in [9.17, 15) is 22.8 Å². The Morgan fingerprint density at radius 3 is 2.42 bits per heavy atom. The molecule has 0 aliphatic rings. The Balaban J connectivity index is 1.84. The lowest BCUT2D eigenvalue weighted by molar-refractivity contribution is -0.146. The number of hydrogen-bond donors (Lipinski definition) is 2. The lowest BCUT2D eigenvalue weighted by Crippen LogP contribution is -2.31. The quantitative estimate of drug-likeness (QED) is 0.460. The normalized spacial score (nSPS) is 11.4. The number of carbonyl (C=O) groups is 3. The fraction of sp³-hybridized carbons (Fsp3) is 0.318. The van der Waals surface area contributed by atoms with Crippen LogP contribution in [0.3, 0.4) is 0 Å². The van der Waals surface area contributed by atoms with Gasteiger partial charge in [0.1, 0.15) is 11.5 Å². The number of benzene rings is 1. The predicted molar refractivity (Wildman–Crippen MR) is 126 cm³/mol. The van der Waals surface area contributed by atoms with Crippen LogP contribution in [0.4, 0.5) is 5.00 Å². The number of carbonyl (C=O) groups excluding carboxylic acids is 3. The Hall–Kier alpha value is -3.02. The average molecular weight is 495 g/mol. The van der Waals surface area contributed by atoms with Gasteiger partial charge in [-0.1, -0.05) is 36.8 Å². The molecule has 0 bridgehead atoms. The molecule has 9 nitrogen and oxygen atoms in total. The number of esters is 2. The summed E-state index contributed by atoms with van der Waals surface area (Å²) >= 11 is 1.22. The minimum atomic E-state index is -3.87. The van der Waals surface area contributed by atoms with Crippen molar-refractivity contribution in [3.8, 4) is 0 Å². The van der Waals surface area contributed by atoms with Gasteiger partial charge in [-0.25, -0.2) is 17.9 Å². The van der Waals surface area contributed by atoms with Crippen LogP contribution in [0.15, 0.2) is 35.7 Å². The molecule has 2 aromatic rings. The van der Waals surface area contributed by atoms with Crippen molar-refractivity contribution in [1.29, 1.82) is 0 Å².